The fourth-order valence-corrected chi connectivity index (χ4v) is 1.57. The van der Waals surface area contributed by atoms with Crippen LogP contribution in [-0.4, -0.2) is 25.9 Å². The maximum absolute atomic E-state index is 5.41. The van der Waals surface area contributed by atoms with Gasteiger partial charge < -0.3 is 9.47 Å². The van der Waals surface area contributed by atoms with E-state index in [1.165, 1.54) is 32.1 Å². The van der Waals surface area contributed by atoms with Crippen LogP contribution >= 0.6 is 0 Å². The highest BCUT2D eigenvalue weighted by atomic mass is 16.6. The van der Waals surface area contributed by atoms with Crippen LogP contribution in [0.5, 0.6) is 0 Å². The van der Waals surface area contributed by atoms with E-state index >= 15 is 0 Å². The second kappa shape index (κ2) is 11.2. The third-order valence-corrected chi connectivity index (χ3v) is 2.77. The van der Waals surface area contributed by atoms with Gasteiger partial charge in [-0.15, -0.1) is 0 Å². The summed E-state index contributed by atoms with van der Waals surface area (Å²) in [5, 5.41) is 0. The van der Waals surface area contributed by atoms with Gasteiger partial charge in [0.25, 0.3) is 0 Å². The summed E-state index contributed by atoms with van der Waals surface area (Å²) in [6, 6.07) is 12.0. The summed E-state index contributed by atoms with van der Waals surface area (Å²) in [5.74, 6) is 0. The smallest absolute Gasteiger partial charge is 0.104 e. The van der Waals surface area contributed by atoms with Gasteiger partial charge in [0, 0.05) is 6.61 Å². The van der Waals surface area contributed by atoms with Gasteiger partial charge in [0.15, 0.2) is 0 Å². The molecule has 0 bridgehead atoms. The van der Waals surface area contributed by atoms with Crippen LogP contribution in [0.3, 0.4) is 0 Å². The monoisotopic (exact) mass is 250 g/mol. The maximum Gasteiger partial charge on any atom is 0.104 e. The molecule has 1 saturated heterocycles. The number of rotatable bonds is 8. The van der Waals surface area contributed by atoms with Crippen molar-refractivity contribution in [3.8, 4) is 0 Å². The third-order valence-electron chi connectivity index (χ3n) is 2.77. The Labute approximate surface area is 111 Å². The van der Waals surface area contributed by atoms with Crippen LogP contribution in [0.25, 0.3) is 0 Å². The van der Waals surface area contributed by atoms with E-state index in [1.807, 2.05) is 36.4 Å². The predicted molar refractivity (Wildman–Crippen MR) is 75.8 cm³/mol. The number of epoxide rings is 1. The lowest BCUT2D eigenvalue weighted by molar-refractivity contribution is 0.113. The Morgan fingerprint density at radius 1 is 0.944 bits per heavy atom. The lowest BCUT2D eigenvalue weighted by atomic mass is 10.2. The summed E-state index contributed by atoms with van der Waals surface area (Å²) in [4.78, 5) is 0. The van der Waals surface area contributed by atoms with Crippen LogP contribution in [0.2, 0.25) is 0 Å². The summed E-state index contributed by atoms with van der Waals surface area (Å²) in [7, 11) is 0. The number of hydrogen-bond acceptors (Lipinski definition) is 2. The molecule has 0 amide bonds. The van der Waals surface area contributed by atoms with Crippen LogP contribution in [-0.2, 0) is 9.47 Å². The van der Waals surface area contributed by atoms with Gasteiger partial charge in [-0.2, -0.15) is 0 Å². The van der Waals surface area contributed by atoms with Gasteiger partial charge in [0.05, 0.1) is 13.2 Å². The van der Waals surface area contributed by atoms with Gasteiger partial charge in [-0.05, 0) is 6.42 Å². The Morgan fingerprint density at radius 2 is 1.50 bits per heavy atom. The van der Waals surface area contributed by atoms with E-state index in [9.17, 15) is 0 Å². The molecule has 1 fully saturated rings. The molecule has 102 valence electrons. The van der Waals surface area contributed by atoms with Gasteiger partial charge in [-0.3, -0.25) is 0 Å². The molecular formula is C16H26O2. The zero-order valence-corrected chi connectivity index (χ0v) is 11.5. The van der Waals surface area contributed by atoms with Crippen LogP contribution < -0.4 is 0 Å². The summed E-state index contributed by atoms with van der Waals surface area (Å²) in [6.45, 7) is 4.88. The second-order valence-corrected chi connectivity index (χ2v) is 4.60. The highest BCUT2D eigenvalue weighted by molar-refractivity contribution is 4.99. The molecule has 1 aliphatic rings. The lowest BCUT2D eigenvalue weighted by Crippen LogP contribution is -2.02. The fraction of sp³-hybridized carbons (Fsp3) is 0.625. The number of ether oxygens (including phenoxy) is 2. The molecule has 0 spiro atoms. The average molecular weight is 250 g/mol. The molecule has 1 heterocycles. The molecule has 0 radical (unpaired) electrons. The van der Waals surface area contributed by atoms with Crippen LogP contribution in [0.15, 0.2) is 36.4 Å². The van der Waals surface area contributed by atoms with E-state index < -0.39 is 0 Å². The van der Waals surface area contributed by atoms with Crippen LogP contribution in [0, 0.1) is 0 Å². The Bertz CT molecular complexity index is 230. The predicted octanol–water partition coefficient (Wildman–Crippen LogP) is 4.06. The normalized spacial score (nSPS) is 16.8. The summed E-state index contributed by atoms with van der Waals surface area (Å²) >= 11 is 0. The molecule has 2 rings (SSSR count). The zero-order valence-electron chi connectivity index (χ0n) is 11.5. The van der Waals surface area contributed by atoms with Crippen molar-refractivity contribution >= 4 is 0 Å². The third kappa shape index (κ3) is 10.3. The van der Waals surface area contributed by atoms with E-state index in [2.05, 4.69) is 6.92 Å². The number of benzene rings is 1. The van der Waals surface area contributed by atoms with Gasteiger partial charge >= 0.3 is 0 Å². The fourth-order valence-electron chi connectivity index (χ4n) is 1.57. The molecule has 2 nitrogen and oxygen atoms in total. The van der Waals surface area contributed by atoms with Crippen molar-refractivity contribution in [3.05, 3.63) is 36.4 Å². The van der Waals surface area contributed by atoms with Crippen molar-refractivity contribution in [1.29, 1.82) is 0 Å². The summed E-state index contributed by atoms with van der Waals surface area (Å²) in [6.07, 6.45) is 7.01. The highest BCUT2D eigenvalue weighted by Gasteiger charge is 2.21. The lowest BCUT2D eigenvalue weighted by Gasteiger charge is -2.01. The van der Waals surface area contributed by atoms with Gasteiger partial charge in [-0.1, -0.05) is 69.0 Å². The minimum Gasteiger partial charge on any atom is -0.379 e. The van der Waals surface area contributed by atoms with E-state index in [0.29, 0.717) is 6.10 Å². The minimum absolute atomic E-state index is 0.431. The first-order valence-corrected chi connectivity index (χ1v) is 7.13. The first kappa shape index (κ1) is 15.2. The van der Waals surface area contributed by atoms with Crippen molar-refractivity contribution < 1.29 is 9.47 Å². The van der Waals surface area contributed by atoms with Gasteiger partial charge in [-0.25, -0.2) is 0 Å². The number of unbranched alkanes of at least 4 members (excludes halogenated alkanes) is 4. The largest absolute Gasteiger partial charge is 0.379 e. The molecule has 18 heavy (non-hydrogen) atoms. The molecule has 0 N–H and O–H groups in total. The quantitative estimate of drug-likeness (QED) is 0.512. The highest BCUT2D eigenvalue weighted by Crippen LogP contribution is 2.09. The molecule has 0 saturated carbocycles. The van der Waals surface area contributed by atoms with Gasteiger partial charge in [0.1, 0.15) is 6.10 Å². The maximum atomic E-state index is 5.41. The molecule has 2 heteroatoms. The van der Waals surface area contributed by atoms with Crippen molar-refractivity contribution in [3.63, 3.8) is 0 Å². The second-order valence-electron chi connectivity index (χ2n) is 4.60. The van der Waals surface area contributed by atoms with Gasteiger partial charge in [0.2, 0.25) is 0 Å². The SMILES string of the molecule is CCCCCCCOCC1CO1.c1ccccc1. The molecule has 1 aromatic carbocycles. The van der Waals surface area contributed by atoms with Crippen molar-refractivity contribution in [1.82, 2.24) is 0 Å². The van der Waals surface area contributed by atoms with Crippen LogP contribution in [0.1, 0.15) is 39.0 Å². The molecule has 1 atom stereocenters. The molecule has 0 aromatic heterocycles. The van der Waals surface area contributed by atoms with E-state index in [4.69, 9.17) is 9.47 Å². The minimum atomic E-state index is 0.431. The first-order chi connectivity index (χ1) is 8.93. The van der Waals surface area contributed by atoms with E-state index in [-0.39, 0.29) is 0 Å². The standard InChI is InChI=1S/C10H20O2.C6H6/c1-2-3-4-5-6-7-11-8-10-9-12-10;1-2-4-6-5-3-1/h10H,2-9H2,1H3;1-6H. The Hall–Kier alpha value is -0.860. The van der Waals surface area contributed by atoms with Crippen molar-refractivity contribution in [2.45, 2.75) is 45.1 Å². The summed E-state index contributed by atoms with van der Waals surface area (Å²) < 4.78 is 10.4. The Balaban J connectivity index is 0.000000225. The van der Waals surface area contributed by atoms with Crippen molar-refractivity contribution in [2.24, 2.45) is 0 Å². The van der Waals surface area contributed by atoms with Crippen molar-refractivity contribution in [2.75, 3.05) is 19.8 Å². The first-order valence-electron chi connectivity index (χ1n) is 7.13. The molecule has 0 aliphatic carbocycles. The van der Waals surface area contributed by atoms with E-state index in [0.717, 1.165) is 19.8 Å². The van der Waals surface area contributed by atoms with Crippen LogP contribution in [0.4, 0.5) is 0 Å². The average Bonchev–Trinajstić information content (AvgIpc) is 3.25. The van der Waals surface area contributed by atoms with E-state index in [1.54, 1.807) is 0 Å². The summed E-state index contributed by atoms with van der Waals surface area (Å²) in [5.41, 5.74) is 0. The topological polar surface area (TPSA) is 21.8 Å². The molecule has 1 aromatic rings. The zero-order chi connectivity index (χ0) is 12.9. The molecule has 1 aliphatic heterocycles. The number of hydrogen-bond donors (Lipinski definition) is 0. The molecular weight excluding hydrogens is 224 g/mol. The molecule has 1 unspecified atom stereocenters. The Morgan fingerprint density at radius 3 is 2.00 bits per heavy atom. The Kier molecular flexibility index (Phi) is 9.49.